The third-order valence-electron chi connectivity index (χ3n) is 2.10. The molecule has 0 aliphatic carbocycles. The summed E-state index contributed by atoms with van der Waals surface area (Å²) in [4.78, 5) is 22.9. The van der Waals surface area contributed by atoms with Gasteiger partial charge >= 0.3 is 0 Å². The quantitative estimate of drug-likeness (QED) is 0.601. The lowest BCUT2D eigenvalue weighted by Crippen LogP contribution is -2.47. The Balaban J connectivity index is 3.79. The zero-order chi connectivity index (χ0) is 13.4. The Hall–Kier alpha value is -1.10. The predicted octanol–water partition coefficient (Wildman–Crippen LogP) is 0.261. The minimum Gasteiger partial charge on any atom is -0.355 e. The lowest BCUT2D eigenvalue weighted by atomic mass is 10.2. The van der Waals surface area contributed by atoms with Crippen molar-refractivity contribution in [3.63, 3.8) is 0 Å². The molecule has 17 heavy (non-hydrogen) atoms. The molecular formula is C12H25N3O2. The van der Waals surface area contributed by atoms with Crippen LogP contribution in [0.15, 0.2) is 0 Å². The molecule has 0 aliphatic heterocycles. The van der Waals surface area contributed by atoms with Gasteiger partial charge in [0.2, 0.25) is 11.8 Å². The maximum absolute atomic E-state index is 11.5. The summed E-state index contributed by atoms with van der Waals surface area (Å²) in [6.45, 7) is 10.4. The first-order chi connectivity index (χ1) is 7.82. The molecule has 2 amide bonds. The first-order valence-corrected chi connectivity index (χ1v) is 6.13. The van der Waals surface area contributed by atoms with Crippen molar-refractivity contribution in [2.75, 3.05) is 13.1 Å². The van der Waals surface area contributed by atoms with Crippen molar-refractivity contribution in [2.24, 2.45) is 5.92 Å². The first kappa shape index (κ1) is 15.9. The highest BCUT2D eigenvalue weighted by atomic mass is 16.2. The SMILES string of the molecule is CC(C)CNC(=O)CNC(C)C(=O)NC(C)C. The van der Waals surface area contributed by atoms with E-state index in [-0.39, 0.29) is 30.4 Å². The van der Waals surface area contributed by atoms with Gasteiger partial charge in [-0.3, -0.25) is 14.9 Å². The summed E-state index contributed by atoms with van der Waals surface area (Å²) in [6.07, 6.45) is 0. The minimum atomic E-state index is -0.359. The second kappa shape index (κ2) is 8.06. The largest absolute Gasteiger partial charge is 0.355 e. The van der Waals surface area contributed by atoms with Crippen molar-refractivity contribution in [1.29, 1.82) is 0 Å². The van der Waals surface area contributed by atoms with Crippen LogP contribution in [0.4, 0.5) is 0 Å². The Labute approximate surface area is 104 Å². The average Bonchev–Trinajstić information content (AvgIpc) is 2.21. The summed E-state index contributed by atoms with van der Waals surface area (Å²) in [5.74, 6) is 0.264. The highest BCUT2D eigenvalue weighted by Crippen LogP contribution is 1.87. The van der Waals surface area contributed by atoms with Crippen LogP contribution in [0.25, 0.3) is 0 Å². The molecule has 0 saturated heterocycles. The lowest BCUT2D eigenvalue weighted by molar-refractivity contribution is -0.124. The predicted molar refractivity (Wildman–Crippen MR) is 68.6 cm³/mol. The third kappa shape index (κ3) is 8.68. The summed E-state index contributed by atoms with van der Waals surface area (Å²) in [7, 11) is 0. The zero-order valence-electron chi connectivity index (χ0n) is 11.5. The van der Waals surface area contributed by atoms with E-state index in [2.05, 4.69) is 16.0 Å². The maximum Gasteiger partial charge on any atom is 0.237 e. The summed E-state index contributed by atoms with van der Waals surface area (Å²) in [5, 5.41) is 8.45. The summed E-state index contributed by atoms with van der Waals surface area (Å²) < 4.78 is 0. The third-order valence-corrected chi connectivity index (χ3v) is 2.10. The standard InChI is InChI=1S/C12H25N3O2/c1-8(2)6-14-11(16)7-13-10(5)12(17)15-9(3)4/h8-10,13H,6-7H2,1-5H3,(H,14,16)(H,15,17). The molecule has 100 valence electrons. The van der Waals surface area contributed by atoms with Gasteiger partial charge in [-0.15, -0.1) is 0 Å². The fraction of sp³-hybridized carbons (Fsp3) is 0.833. The van der Waals surface area contributed by atoms with Gasteiger partial charge in [-0.2, -0.15) is 0 Å². The van der Waals surface area contributed by atoms with E-state index < -0.39 is 0 Å². The fourth-order valence-electron chi connectivity index (χ4n) is 1.13. The van der Waals surface area contributed by atoms with Crippen LogP contribution in [0.1, 0.15) is 34.6 Å². The molecule has 0 aromatic heterocycles. The first-order valence-electron chi connectivity index (χ1n) is 6.13. The Morgan fingerprint density at radius 1 is 1.06 bits per heavy atom. The Morgan fingerprint density at radius 3 is 2.12 bits per heavy atom. The molecule has 5 heteroatoms. The lowest BCUT2D eigenvalue weighted by Gasteiger charge is -2.16. The van der Waals surface area contributed by atoms with E-state index in [9.17, 15) is 9.59 Å². The molecule has 0 spiro atoms. The van der Waals surface area contributed by atoms with E-state index in [1.165, 1.54) is 0 Å². The van der Waals surface area contributed by atoms with Gasteiger partial charge in [-0.25, -0.2) is 0 Å². The van der Waals surface area contributed by atoms with Crippen molar-refractivity contribution < 1.29 is 9.59 Å². The molecule has 0 radical (unpaired) electrons. The Bertz CT molecular complexity index is 252. The smallest absolute Gasteiger partial charge is 0.237 e. The number of hydrogen-bond donors (Lipinski definition) is 3. The van der Waals surface area contributed by atoms with Crippen molar-refractivity contribution in [2.45, 2.75) is 46.7 Å². The molecule has 1 atom stereocenters. The minimum absolute atomic E-state index is 0.0807. The van der Waals surface area contributed by atoms with Crippen molar-refractivity contribution >= 4 is 11.8 Å². The van der Waals surface area contributed by atoms with Gasteiger partial charge in [0.15, 0.2) is 0 Å². The number of carbonyl (C=O) groups excluding carboxylic acids is 2. The van der Waals surface area contributed by atoms with E-state index in [0.29, 0.717) is 12.5 Å². The molecule has 0 fully saturated rings. The topological polar surface area (TPSA) is 70.2 Å². The molecule has 0 aromatic carbocycles. The highest BCUT2D eigenvalue weighted by Gasteiger charge is 2.14. The average molecular weight is 243 g/mol. The van der Waals surface area contributed by atoms with Crippen LogP contribution in [0.2, 0.25) is 0 Å². The second-order valence-electron chi connectivity index (χ2n) is 4.96. The Morgan fingerprint density at radius 2 is 1.65 bits per heavy atom. The normalized spacial score (nSPS) is 12.6. The molecular weight excluding hydrogens is 218 g/mol. The zero-order valence-corrected chi connectivity index (χ0v) is 11.5. The van der Waals surface area contributed by atoms with Gasteiger partial charge in [-0.05, 0) is 26.7 Å². The fourth-order valence-corrected chi connectivity index (χ4v) is 1.13. The summed E-state index contributed by atoms with van der Waals surface area (Å²) in [6, 6.07) is -0.247. The van der Waals surface area contributed by atoms with Crippen molar-refractivity contribution in [1.82, 2.24) is 16.0 Å². The molecule has 5 nitrogen and oxygen atoms in total. The van der Waals surface area contributed by atoms with Crippen LogP contribution in [0, 0.1) is 5.92 Å². The van der Waals surface area contributed by atoms with E-state index in [1.54, 1.807) is 6.92 Å². The molecule has 0 heterocycles. The molecule has 3 N–H and O–H groups in total. The molecule has 0 aromatic rings. The van der Waals surface area contributed by atoms with Gasteiger partial charge in [0.1, 0.15) is 0 Å². The number of carbonyl (C=O) groups is 2. The summed E-state index contributed by atoms with van der Waals surface area (Å²) >= 11 is 0. The van der Waals surface area contributed by atoms with Crippen molar-refractivity contribution in [3.8, 4) is 0 Å². The Kier molecular flexibility index (Phi) is 7.54. The van der Waals surface area contributed by atoms with Crippen LogP contribution in [0.5, 0.6) is 0 Å². The number of amides is 2. The number of nitrogens with one attached hydrogen (secondary N) is 3. The van der Waals surface area contributed by atoms with Gasteiger partial charge in [-0.1, -0.05) is 13.8 Å². The monoisotopic (exact) mass is 243 g/mol. The summed E-state index contributed by atoms with van der Waals surface area (Å²) in [5.41, 5.74) is 0. The maximum atomic E-state index is 11.5. The van der Waals surface area contributed by atoms with Gasteiger partial charge in [0.05, 0.1) is 12.6 Å². The van der Waals surface area contributed by atoms with E-state index in [4.69, 9.17) is 0 Å². The molecule has 1 unspecified atom stereocenters. The van der Waals surface area contributed by atoms with Gasteiger partial charge < -0.3 is 10.6 Å². The molecule has 0 aliphatic rings. The van der Waals surface area contributed by atoms with Gasteiger partial charge in [0, 0.05) is 12.6 Å². The number of rotatable bonds is 7. The van der Waals surface area contributed by atoms with Crippen molar-refractivity contribution in [3.05, 3.63) is 0 Å². The molecule has 0 saturated carbocycles. The van der Waals surface area contributed by atoms with E-state index in [1.807, 2.05) is 27.7 Å². The van der Waals surface area contributed by atoms with Crippen LogP contribution in [0.3, 0.4) is 0 Å². The van der Waals surface area contributed by atoms with Crippen LogP contribution in [-0.4, -0.2) is 37.0 Å². The van der Waals surface area contributed by atoms with Gasteiger partial charge in [0.25, 0.3) is 0 Å². The number of hydrogen-bond acceptors (Lipinski definition) is 3. The van der Waals surface area contributed by atoms with Crippen LogP contribution in [-0.2, 0) is 9.59 Å². The molecule has 0 bridgehead atoms. The molecule has 0 rings (SSSR count). The van der Waals surface area contributed by atoms with Crippen LogP contribution < -0.4 is 16.0 Å². The highest BCUT2D eigenvalue weighted by molar-refractivity contribution is 5.83. The van der Waals surface area contributed by atoms with E-state index >= 15 is 0 Å². The second-order valence-corrected chi connectivity index (χ2v) is 4.96. The van der Waals surface area contributed by atoms with Crippen LogP contribution >= 0.6 is 0 Å². The van der Waals surface area contributed by atoms with E-state index in [0.717, 1.165) is 0 Å².